The monoisotopic (exact) mass is 340 g/mol. The third kappa shape index (κ3) is 4.66. The predicted octanol–water partition coefficient (Wildman–Crippen LogP) is 2.90. The number of halogens is 2. The smallest absolute Gasteiger partial charge is 0.317 e. The van der Waals surface area contributed by atoms with Crippen LogP contribution in [0.2, 0.25) is 5.02 Å². The number of carboxylic acids is 1. The molecule has 1 aromatic carbocycles. The van der Waals surface area contributed by atoms with Gasteiger partial charge in [0.25, 0.3) is 0 Å². The molecule has 2 N–H and O–H groups in total. The number of carboxylic acid groups (broad SMARTS) is 1. The number of benzene rings is 1. The normalized spacial score (nSPS) is 23.8. The zero-order valence-corrected chi connectivity index (χ0v) is 13.7. The summed E-state index contributed by atoms with van der Waals surface area (Å²) in [7, 11) is 0. The van der Waals surface area contributed by atoms with Crippen LogP contribution < -0.4 is 5.32 Å². The van der Waals surface area contributed by atoms with Crippen LogP contribution in [-0.4, -0.2) is 41.1 Å². The number of carbonyl (C=O) groups is 1. The molecule has 2 aliphatic rings. The Kier molecular flexibility index (Phi) is 5.19. The lowest BCUT2D eigenvalue weighted by atomic mass is 9.85. The largest absolute Gasteiger partial charge is 0.480 e. The van der Waals surface area contributed by atoms with Crippen LogP contribution in [0.1, 0.15) is 31.2 Å². The summed E-state index contributed by atoms with van der Waals surface area (Å²) in [6, 6.07) is 5.21. The fourth-order valence-electron chi connectivity index (χ4n) is 3.13. The van der Waals surface area contributed by atoms with Gasteiger partial charge in [-0.25, -0.2) is 4.39 Å². The van der Waals surface area contributed by atoms with E-state index in [1.165, 1.54) is 18.9 Å². The molecule has 2 aliphatic carbocycles. The summed E-state index contributed by atoms with van der Waals surface area (Å²) in [6.07, 6.45) is 4.28. The second-order valence-corrected chi connectivity index (χ2v) is 7.14. The van der Waals surface area contributed by atoms with Crippen LogP contribution in [0.25, 0.3) is 0 Å². The number of hydrogen-bond donors (Lipinski definition) is 2. The molecule has 0 saturated heterocycles. The topological polar surface area (TPSA) is 52.6 Å². The van der Waals surface area contributed by atoms with E-state index in [0.717, 1.165) is 19.4 Å². The van der Waals surface area contributed by atoms with Crippen molar-refractivity contribution in [2.75, 3.05) is 13.1 Å². The Morgan fingerprint density at radius 1 is 1.39 bits per heavy atom. The molecular weight excluding hydrogens is 319 g/mol. The van der Waals surface area contributed by atoms with Crippen LogP contribution >= 0.6 is 11.6 Å². The standard InChI is InChI=1S/C17H22ClFN2O2/c18-13-3-4-16(19)12(5-13)8-20-14-6-15(7-14)21(10-17(22)23)9-11-1-2-11/h3-5,11,14-15,20H,1-2,6-10H2,(H,22,23). The minimum Gasteiger partial charge on any atom is -0.480 e. The molecule has 6 heteroatoms. The van der Waals surface area contributed by atoms with Crippen molar-refractivity contribution < 1.29 is 14.3 Å². The summed E-state index contributed by atoms with van der Waals surface area (Å²) in [5, 5.41) is 12.9. The molecule has 0 spiro atoms. The van der Waals surface area contributed by atoms with Crippen molar-refractivity contribution >= 4 is 17.6 Å². The fourth-order valence-corrected chi connectivity index (χ4v) is 3.33. The Labute approximate surface area is 140 Å². The van der Waals surface area contributed by atoms with Gasteiger partial charge in [-0.1, -0.05) is 11.6 Å². The van der Waals surface area contributed by atoms with Gasteiger partial charge in [0, 0.05) is 35.8 Å². The van der Waals surface area contributed by atoms with Crippen molar-refractivity contribution in [3.63, 3.8) is 0 Å². The van der Waals surface area contributed by atoms with Crippen molar-refractivity contribution in [2.24, 2.45) is 5.92 Å². The molecule has 2 saturated carbocycles. The molecule has 0 heterocycles. The SMILES string of the molecule is O=C(O)CN(CC1CC1)C1CC(NCc2cc(Cl)ccc2F)C1. The number of rotatable bonds is 8. The first-order valence-corrected chi connectivity index (χ1v) is 8.52. The molecule has 2 fully saturated rings. The Hall–Kier alpha value is -1.17. The lowest BCUT2D eigenvalue weighted by Gasteiger charge is -2.43. The van der Waals surface area contributed by atoms with Gasteiger partial charge in [0.2, 0.25) is 0 Å². The zero-order chi connectivity index (χ0) is 16.4. The second-order valence-electron chi connectivity index (χ2n) is 6.71. The highest BCUT2D eigenvalue weighted by atomic mass is 35.5. The molecule has 0 atom stereocenters. The maximum atomic E-state index is 13.7. The van der Waals surface area contributed by atoms with Crippen molar-refractivity contribution in [2.45, 2.75) is 44.3 Å². The molecular formula is C17H22ClFN2O2. The first-order chi connectivity index (χ1) is 11.0. The molecule has 126 valence electrons. The van der Waals surface area contributed by atoms with Crippen LogP contribution in [0.15, 0.2) is 18.2 Å². The number of nitrogens with one attached hydrogen (secondary N) is 1. The van der Waals surface area contributed by atoms with Crippen LogP contribution in [0, 0.1) is 11.7 Å². The van der Waals surface area contributed by atoms with Gasteiger partial charge in [0.05, 0.1) is 6.54 Å². The molecule has 0 aromatic heterocycles. The van der Waals surface area contributed by atoms with Gasteiger partial charge in [-0.15, -0.1) is 0 Å². The van der Waals surface area contributed by atoms with Gasteiger partial charge in [0.15, 0.2) is 0 Å². The summed E-state index contributed by atoms with van der Waals surface area (Å²) in [5.74, 6) is -0.330. The minimum atomic E-state index is -0.761. The molecule has 0 radical (unpaired) electrons. The summed E-state index contributed by atoms with van der Waals surface area (Å²) < 4.78 is 13.7. The molecule has 0 unspecified atom stereocenters. The van der Waals surface area contributed by atoms with Crippen molar-refractivity contribution in [3.8, 4) is 0 Å². The number of nitrogens with zero attached hydrogens (tertiary/aromatic N) is 1. The maximum absolute atomic E-state index is 13.7. The lowest BCUT2D eigenvalue weighted by molar-refractivity contribution is -0.139. The molecule has 1 aromatic rings. The highest BCUT2D eigenvalue weighted by molar-refractivity contribution is 6.30. The fraction of sp³-hybridized carbons (Fsp3) is 0.588. The molecule has 0 bridgehead atoms. The lowest BCUT2D eigenvalue weighted by Crippen LogP contribution is -2.54. The second kappa shape index (κ2) is 7.16. The highest BCUT2D eigenvalue weighted by Crippen LogP contribution is 2.33. The molecule has 0 amide bonds. The summed E-state index contributed by atoms with van der Waals surface area (Å²) in [4.78, 5) is 13.1. The van der Waals surface area contributed by atoms with E-state index in [1.807, 2.05) is 0 Å². The van der Waals surface area contributed by atoms with Crippen molar-refractivity contribution in [1.29, 1.82) is 0 Å². The van der Waals surface area contributed by atoms with Crippen molar-refractivity contribution in [3.05, 3.63) is 34.6 Å². The molecule has 0 aliphatic heterocycles. The van der Waals surface area contributed by atoms with Crippen LogP contribution in [0.4, 0.5) is 4.39 Å². The van der Waals surface area contributed by atoms with Gasteiger partial charge in [-0.2, -0.15) is 0 Å². The van der Waals surface area contributed by atoms with Crippen LogP contribution in [0.3, 0.4) is 0 Å². The van der Waals surface area contributed by atoms with E-state index in [2.05, 4.69) is 10.2 Å². The number of hydrogen-bond acceptors (Lipinski definition) is 3. The first kappa shape index (κ1) is 16.7. The zero-order valence-electron chi connectivity index (χ0n) is 13.0. The van der Waals surface area contributed by atoms with Gasteiger partial charge in [-0.3, -0.25) is 9.69 Å². The average Bonchev–Trinajstić information content (AvgIpc) is 3.24. The van der Waals surface area contributed by atoms with Gasteiger partial charge >= 0.3 is 5.97 Å². The van der Waals surface area contributed by atoms with E-state index in [-0.39, 0.29) is 12.4 Å². The van der Waals surface area contributed by atoms with E-state index < -0.39 is 5.97 Å². The Balaban J connectivity index is 1.45. The van der Waals surface area contributed by atoms with Gasteiger partial charge in [-0.05, 0) is 49.8 Å². The third-order valence-electron chi connectivity index (χ3n) is 4.75. The minimum absolute atomic E-state index is 0.122. The van der Waals surface area contributed by atoms with Gasteiger partial charge in [0.1, 0.15) is 5.82 Å². The molecule has 3 rings (SSSR count). The average molecular weight is 341 g/mol. The van der Waals surface area contributed by atoms with E-state index in [1.54, 1.807) is 12.1 Å². The first-order valence-electron chi connectivity index (χ1n) is 8.14. The van der Waals surface area contributed by atoms with Gasteiger partial charge < -0.3 is 10.4 Å². The Bertz CT molecular complexity index is 574. The van der Waals surface area contributed by atoms with E-state index in [4.69, 9.17) is 16.7 Å². The van der Waals surface area contributed by atoms with Crippen LogP contribution in [0.5, 0.6) is 0 Å². The highest BCUT2D eigenvalue weighted by Gasteiger charge is 2.36. The Morgan fingerprint density at radius 2 is 2.13 bits per heavy atom. The van der Waals surface area contributed by atoms with Crippen LogP contribution in [-0.2, 0) is 11.3 Å². The third-order valence-corrected chi connectivity index (χ3v) is 4.98. The summed E-state index contributed by atoms with van der Waals surface area (Å²) >= 11 is 5.89. The van der Waals surface area contributed by atoms with E-state index in [0.29, 0.717) is 35.1 Å². The van der Waals surface area contributed by atoms with E-state index in [9.17, 15) is 9.18 Å². The summed E-state index contributed by atoms with van der Waals surface area (Å²) in [5.41, 5.74) is 0.571. The molecule has 4 nitrogen and oxygen atoms in total. The van der Waals surface area contributed by atoms with Crippen molar-refractivity contribution in [1.82, 2.24) is 10.2 Å². The predicted molar refractivity (Wildman–Crippen MR) is 87.0 cm³/mol. The molecule has 23 heavy (non-hydrogen) atoms. The van der Waals surface area contributed by atoms with E-state index >= 15 is 0 Å². The summed E-state index contributed by atoms with van der Waals surface area (Å²) in [6.45, 7) is 1.47. The quantitative estimate of drug-likeness (QED) is 0.764. The maximum Gasteiger partial charge on any atom is 0.317 e. The Morgan fingerprint density at radius 3 is 2.78 bits per heavy atom. The number of aliphatic carboxylic acids is 1.